The third-order valence-electron chi connectivity index (χ3n) is 2.74. The molecule has 0 saturated carbocycles. The van der Waals surface area contributed by atoms with Crippen LogP contribution in [0.5, 0.6) is 5.75 Å². The van der Waals surface area contributed by atoms with Crippen molar-refractivity contribution in [1.29, 1.82) is 0 Å². The maximum absolute atomic E-state index is 5.58. The van der Waals surface area contributed by atoms with Crippen LogP contribution in [0.4, 0.5) is 0 Å². The molecule has 0 radical (unpaired) electrons. The van der Waals surface area contributed by atoms with E-state index in [0.29, 0.717) is 12.0 Å². The van der Waals surface area contributed by atoms with Crippen molar-refractivity contribution in [1.82, 2.24) is 5.32 Å². The van der Waals surface area contributed by atoms with Gasteiger partial charge in [-0.05, 0) is 12.1 Å². The molecule has 1 aliphatic heterocycles. The van der Waals surface area contributed by atoms with Gasteiger partial charge >= 0.3 is 0 Å². The van der Waals surface area contributed by atoms with Crippen molar-refractivity contribution in [3.05, 3.63) is 30.3 Å². The van der Waals surface area contributed by atoms with Crippen molar-refractivity contribution in [2.45, 2.75) is 6.92 Å². The lowest BCUT2D eigenvalue weighted by atomic mass is 9.89. The minimum Gasteiger partial charge on any atom is -0.492 e. The Labute approximate surface area is 96.8 Å². The molecule has 1 saturated heterocycles. The van der Waals surface area contributed by atoms with E-state index < -0.39 is 0 Å². The summed E-state index contributed by atoms with van der Waals surface area (Å²) in [6, 6.07) is 9.90. The largest absolute Gasteiger partial charge is 0.492 e. The molecule has 0 unspecified atom stereocenters. The number of benzene rings is 1. The standard InChI is InChI=1S/C13H19NO2/c1-13(10-15-11-13)9-14-7-8-16-12-5-3-2-4-6-12/h2-6,14H,7-11H2,1H3. The first-order chi connectivity index (χ1) is 7.79. The molecule has 2 rings (SSSR count). The number of nitrogens with one attached hydrogen (secondary N) is 1. The molecule has 1 aromatic carbocycles. The summed E-state index contributed by atoms with van der Waals surface area (Å²) in [6.45, 7) is 6.58. The first-order valence-corrected chi connectivity index (χ1v) is 5.75. The Kier molecular flexibility index (Phi) is 3.80. The highest BCUT2D eigenvalue weighted by Crippen LogP contribution is 2.24. The molecule has 1 fully saturated rings. The van der Waals surface area contributed by atoms with Crippen molar-refractivity contribution in [2.24, 2.45) is 5.41 Å². The molecule has 0 aliphatic carbocycles. The van der Waals surface area contributed by atoms with E-state index >= 15 is 0 Å². The van der Waals surface area contributed by atoms with Crippen LogP contribution in [-0.4, -0.2) is 32.9 Å². The van der Waals surface area contributed by atoms with Crippen LogP contribution in [-0.2, 0) is 4.74 Å². The summed E-state index contributed by atoms with van der Waals surface area (Å²) >= 11 is 0. The average Bonchev–Trinajstić information content (AvgIpc) is 2.28. The number of hydrogen-bond acceptors (Lipinski definition) is 3. The van der Waals surface area contributed by atoms with Gasteiger partial charge < -0.3 is 14.8 Å². The molecule has 0 atom stereocenters. The molecular formula is C13H19NO2. The number of para-hydroxylation sites is 1. The predicted octanol–water partition coefficient (Wildman–Crippen LogP) is 1.69. The number of rotatable bonds is 6. The number of hydrogen-bond donors (Lipinski definition) is 1. The van der Waals surface area contributed by atoms with Crippen molar-refractivity contribution in [3.8, 4) is 5.75 Å². The molecule has 1 aliphatic rings. The maximum atomic E-state index is 5.58. The minimum atomic E-state index is 0.340. The SMILES string of the molecule is CC1(CNCCOc2ccccc2)COC1. The van der Waals surface area contributed by atoms with Crippen LogP contribution >= 0.6 is 0 Å². The van der Waals surface area contributed by atoms with E-state index in [2.05, 4.69) is 12.2 Å². The Balaban J connectivity index is 1.55. The lowest BCUT2D eigenvalue weighted by molar-refractivity contribution is -0.0990. The quantitative estimate of drug-likeness (QED) is 0.742. The highest BCUT2D eigenvalue weighted by atomic mass is 16.5. The van der Waals surface area contributed by atoms with Crippen molar-refractivity contribution in [2.75, 3.05) is 32.9 Å². The molecule has 1 heterocycles. The normalized spacial score (nSPS) is 17.8. The van der Waals surface area contributed by atoms with E-state index in [1.807, 2.05) is 30.3 Å². The Morgan fingerprint density at radius 2 is 2.06 bits per heavy atom. The molecular weight excluding hydrogens is 202 g/mol. The fraction of sp³-hybridized carbons (Fsp3) is 0.538. The topological polar surface area (TPSA) is 30.5 Å². The van der Waals surface area contributed by atoms with Crippen LogP contribution in [0.15, 0.2) is 30.3 Å². The summed E-state index contributed by atoms with van der Waals surface area (Å²) in [5, 5.41) is 3.39. The minimum absolute atomic E-state index is 0.340. The highest BCUT2D eigenvalue weighted by molar-refractivity contribution is 5.20. The average molecular weight is 221 g/mol. The van der Waals surface area contributed by atoms with Crippen molar-refractivity contribution < 1.29 is 9.47 Å². The van der Waals surface area contributed by atoms with E-state index in [1.54, 1.807) is 0 Å². The van der Waals surface area contributed by atoms with E-state index in [4.69, 9.17) is 9.47 Å². The number of ether oxygens (including phenoxy) is 2. The first kappa shape index (κ1) is 11.4. The van der Waals surface area contributed by atoms with Crippen molar-refractivity contribution >= 4 is 0 Å². The Bertz CT molecular complexity index is 309. The molecule has 0 aromatic heterocycles. The van der Waals surface area contributed by atoms with E-state index in [-0.39, 0.29) is 0 Å². The zero-order chi connectivity index (χ0) is 11.3. The summed E-state index contributed by atoms with van der Waals surface area (Å²) in [6.07, 6.45) is 0. The van der Waals surface area contributed by atoms with Gasteiger partial charge in [0.25, 0.3) is 0 Å². The second kappa shape index (κ2) is 5.32. The van der Waals surface area contributed by atoms with Gasteiger partial charge in [-0.25, -0.2) is 0 Å². The summed E-state index contributed by atoms with van der Waals surface area (Å²) in [7, 11) is 0. The molecule has 1 aromatic rings. The molecule has 3 heteroatoms. The fourth-order valence-corrected chi connectivity index (χ4v) is 1.70. The molecule has 1 N–H and O–H groups in total. The summed E-state index contributed by atoms with van der Waals surface area (Å²) in [5.41, 5.74) is 0.340. The van der Waals surface area contributed by atoms with Gasteiger partial charge in [-0.15, -0.1) is 0 Å². The first-order valence-electron chi connectivity index (χ1n) is 5.75. The Morgan fingerprint density at radius 1 is 1.31 bits per heavy atom. The van der Waals surface area contributed by atoms with Crippen LogP contribution in [0.25, 0.3) is 0 Å². The van der Waals surface area contributed by atoms with Crippen molar-refractivity contribution in [3.63, 3.8) is 0 Å². The monoisotopic (exact) mass is 221 g/mol. The van der Waals surface area contributed by atoms with Gasteiger partial charge in [0, 0.05) is 18.5 Å². The predicted molar refractivity (Wildman–Crippen MR) is 63.7 cm³/mol. The molecule has 0 bridgehead atoms. The van der Waals surface area contributed by atoms with Gasteiger partial charge in [-0.3, -0.25) is 0 Å². The second-order valence-electron chi connectivity index (χ2n) is 4.64. The van der Waals surface area contributed by atoms with E-state index in [1.165, 1.54) is 0 Å². The highest BCUT2D eigenvalue weighted by Gasteiger charge is 2.32. The smallest absolute Gasteiger partial charge is 0.119 e. The molecule has 0 amide bonds. The van der Waals surface area contributed by atoms with Gasteiger partial charge in [-0.1, -0.05) is 25.1 Å². The van der Waals surface area contributed by atoms with Gasteiger partial charge in [0.15, 0.2) is 0 Å². The van der Waals surface area contributed by atoms with Crippen LogP contribution < -0.4 is 10.1 Å². The van der Waals surface area contributed by atoms with Gasteiger partial charge in [0.2, 0.25) is 0 Å². The fourth-order valence-electron chi connectivity index (χ4n) is 1.70. The van der Waals surface area contributed by atoms with Crippen LogP contribution in [0, 0.1) is 5.41 Å². The zero-order valence-corrected chi connectivity index (χ0v) is 9.74. The molecule has 3 nitrogen and oxygen atoms in total. The van der Waals surface area contributed by atoms with Gasteiger partial charge in [0.1, 0.15) is 12.4 Å². The maximum Gasteiger partial charge on any atom is 0.119 e. The second-order valence-corrected chi connectivity index (χ2v) is 4.64. The van der Waals surface area contributed by atoms with E-state index in [0.717, 1.165) is 32.1 Å². The third-order valence-corrected chi connectivity index (χ3v) is 2.74. The Hall–Kier alpha value is -1.06. The molecule has 0 spiro atoms. The lowest BCUT2D eigenvalue weighted by Crippen LogP contribution is -2.47. The summed E-state index contributed by atoms with van der Waals surface area (Å²) in [4.78, 5) is 0. The summed E-state index contributed by atoms with van der Waals surface area (Å²) in [5.74, 6) is 0.933. The van der Waals surface area contributed by atoms with Crippen LogP contribution in [0.3, 0.4) is 0 Å². The Morgan fingerprint density at radius 3 is 2.69 bits per heavy atom. The summed E-state index contributed by atoms with van der Waals surface area (Å²) < 4.78 is 10.8. The van der Waals surface area contributed by atoms with E-state index in [9.17, 15) is 0 Å². The molecule has 16 heavy (non-hydrogen) atoms. The molecule has 88 valence electrons. The van der Waals surface area contributed by atoms with Gasteiger partial charge in [-0.2, -0.15) is 0 Å². The van der Waals surface area contributed by atoms with Gasteiger partial charge in [0.05, 0.1) is 13.2 Å². The van der Waals surface area contributed by atoms with Crippen LogP contribution in [0.1, 0.15) is 6.92 Å². The third kappa shape index (κ3) is 3.22. The lowest BCUT2D eigenvalue weighted by Gasteiger charge is -2.38. The van der Waals surface area contributed by atoms with Crippen LogP contribution in [0.2, 0.25) is 0 Å². The zero-order valence-electron chi connectivity index (χ0n) is 9.74.